The second-order valence-electron chi connectivity index (χ2n) is 4.33. The number of benzene rings is 2. The van der Waals surface area contributed by atoms with Crippen LogP contribution in [0.15, 0.2) is 59.6 Å². The van der Waals surface area contributed by atoms with Crippen molar-refractivity contribution >= 4 is 11.0 Å². The molecular weight excluding hydrogens is 238 g/mol. The normalized spacial score (nSPS) is 10.7. The van der Waals surface area contributed by atoms with E-state index in [4.69, 9.17) is 4.52 Å². The molecule has 0 radical (unpaired) electrons. The number of hydrogen-bond acceptors (Lipinski definition) is 3. The highest BCUT2D eigenvalue weighted by Crippen LogP contribution is 2.34. The minimum atomic E-state index is 0.201. The van der Waals surface area contributed by atoms with Crippen molar-refractivity contribution in [2.75, 3.05) is 0 Å². The van der Waals surface area contributed by atoms with Gasteiger partial charge in [-0.2, -0.15) is 0 Å². The number of allylic oxidation sites excluding steroid dienone is 1. The fraction of sp³-hybridized carbons (Fsp3) is 0.0625. The molecule has 3 aromatic rings. The molecule has 1 N–H and O–H groups in total. The maximum absolute atomic E-state index is 9.92. The number of nitrogens with zero attached hydrogens (tertiary/aromatic N) is 1. The number of aromatic hydroxyl groups is 1. The zero-order chi connectivity index (χ0) is 13.2. The Morgan fingerprint density at radius 1 is 1.16 bits per heavy atom. The highest BCUT2D eigenvalue weighted by Gasteiger charge is 2.14. The van der Waals surface area contributed by atoms with Gasteiger partial charge in [-0.25, -0.2) is 0 Å². The van der Waals surface area contributed by atoms with E-state index in [9.17, 15) is 5.11 Å². The number of phenols is 1. The SMILES string of the molecule is C=CCc1cccc2c(-c3ccccc3O)noc12. The molecule has 0 aliphatic heterocycles. The molecule has 0 spiro atoms. The summed E-state index contributed by atoms with van der Waals surface area (Å²) in [5, 5.41) is 14.9. The van der Waals surface area contributed by atoms with Crippen LogP contribution in [0.2, 0.25) is 0 Å². The van der Waals surface area contributed by atoms with E-state index in [2.05, 4.69) is 11.7 Å². The molecule has 3 heteroatoms. The fourth-order valence-corrected chi connectivity index (χ4v) is 2.20. The Bertz CT molecular complexity index is 743. The van der Waals surface area contributed by atoms with Gasteiger partial charge < -0.3 is 9.63 Å². The molecule has 0 unspecified atom stereocenters. The van der Waals surface area contributed by atoms with Crippen molar-refractivity contribution in [2.45, 2.75) is 6.42 Å². The Morgan fingerprint density at radius 2 is 2.00 bits per heavy atom. The fourth-order valence-electron chi connectivity index (χ4n) is 2.20. The number of phenolic OH excluding ortho intramolecular Hbond substituents is 1. The summed E-state index contributed by atoms with van der Waals surface area (Å²) < 4.78 is 5.43. The van der Waals surface area contributed by atoms with Gasteiger partial charge >= 0.3 is 0 Å². The van der Waals surface area contributed by atoms with Crippen molar-refractivity contribution in [1.82, 2.24) is 5.16 Å². The van der Waals surface area contributed by atoms with E-state index in [0.717, 1.165) is 23.0 Å². The Morgan fingerprint density at radius 3 is 2.79 bits per heavy atom. The molecule has 0 saturated carbocycles. The average Bonchev–Trinajstić information content (AvgIpc) is 2.85. The topological polar surface area (TPSA) is 46.3 Å². The summed E-state index contributed by atoms with van der Waals surface area (Å²) in [6, 6.07) is 13.0. The lowest BCUT2D eigenvalue weighted by molar-refractivity contribution is 0.454. The standard InChI is InChI=1S/C16H13NO2/c1-2-6-11-7-5-9-13-15(17-19-16(11)13)12-8-3-4-10-14(12)18/h2-5,7-10,18H,1,6H2. The highest BCUT2D eigenvalue weighted by molar-refractivity contribution is 5.94. The monoisotopic (exact) mass is 251 g/mol. The molecule has 1 aromatic heterocycles. The van der Waals surface area contributed by atoms with Crippen LogP contribution in [0.5, 0.6) is 5.75 Å². The Balaban J connectivity index is 2.24. The zero-order valence-corrected chi connectivity index (χ0v) is 10.3. The van der Waals surface area contributed by atoms with Crippen molar-refractivity contribution in [3.63, 3.8) is 0 Å². The van der Waals surface area contributed by atoms with E-state index in [-0.39, 0.29) is 5.75 Å². The molecule has 0 bridgehead atoms. The van der Waals surface area contributed by atoms with E-state index >= 15 is 0 Å². The predicted molar refractivity (Wildman–Crippen MR) is 75.0 cm³/mol. The van der Waals surface area contributed by atoms with Crippen LogP contribution >= 0.6 is 0 Å². The van der Waals surface area contributed by atoms with Crippen LogP contribution in [0.3, 0.4) is 0 Å². The van der Waals surface area contributed by atoms with E-state index in [1.807, 2.05) is 36.4 Å². The van der Waals surface area contributed by atoms with Crippen LogP contribution in [0.25, 0.3) is 22.2 Å². The van der Waals surface area contributed by atoms with Crippen molar-refractivity contribution in [3.8, 4) is 17.0 Å². The highest BCUT2D eigenvalue weighted by atomic mass is 16.5. The van der Waals surface area contributed by atoms with Gasteiger partial charge in [-0.1, -0.05) is 35.5 Å². The van der Waals surface area contributed by atoms with Gasteiger partial charge in [-0.05, 0) is 24.6 Å². The van der Waals surface area contributed by atoms with Crippen LogP contribution in [0, 0.1) is 0 Å². The first-order valence-electron chi connectivity index (χ1n) is 6.08. The second-order valence-corrected chi connectivity index (χ2v) is 4.33. The molecule has 0 aliphatic rings. The van der Waals surface area contributed by atoms with Crippen LogP contribution in [-0.2, 0) is 6.42 Å². The third-order valence-electron chi connectivity index (χ3n) is 3.10. The van der Waals surface area contributed by atoms with Crippen molar-refractivity contribution in [1.29, 1.82) is 0 Å². The van der Waals surface area contributed by atoms with Gasteiger partial charge in [-0.15, -0.1) is 6.58 Å². The maximum Gasteiger partial charge on any atom is 0.171 e. The molecule has 0 aliphatic carbocycles. The van der Waals surface area contributed by atoms with E-state index < -0.39 is 0 Å². The quantitative estimate of drug-likeness (QED) is 0.717. The van der Waals surface area contributed by atoms with Gasteiger partial charge in [-0.3, -0.25) is 0 Å². The van der Waals surface area contributed by atoms with Gasteiger partial charge in [0, 0.05) is 11.1 Å². The van der Waals surface area contributed by atoms with E-state index in [1.165, 1.54) is 0 Å². The molecule has 0 amide bonds. The molecule has 19 heavy (non-hydrogen) atoms. The number of aromatic nitrogens is 1. The van der Waals surface area contributed by atoms with Gasteiger partial charge in [0.15, 0.2) is 5.58 Å². The summed E-state index contributed by atoms with van der Waals surface area (Å²) >= 11 is 0. The summed E-state index contributed by atoms with van der Waals surface area (Å²) in [6.45, 7) is 3.74. The van der Waals surface area contributed by atoms with E-state index in [0.29, 0.717) is 11.3 Å². The average molecular weight is 251 g/mol. The predicted octanol–water partition coefficient (Wildman–Crippen LogP) is 3.93. The van der Waals surface area contributed by atoms with Crippen molar-refractivity contribution < 1.29 is 9.63 Å². The van der Waals surface area contributed by atoms with Crippen LogP contribution in [0.4, 0.5) is 0 Å². The zero-order valence-electron chi connectivity index (χ0n) is 10.3. The van der Waals surface area contributed by atoms with Gasteiger partial charge in [0.1, 0.15) is 11.4 Å². The van der Waals surface area contributed by atoms with Gasteiger partial charge in [0.05, 0.1) is 5.39 Å². The minimum absolute atomic E-state index is 0.201. The van der Waals surface area contributed by atoms with E-state index in [1.54, 1.807) is 12.1 Å². The number of rotatable bonds is 3. The maximum atomic E-state index is 9.92. The Labute approximate surface area is 110 Å². The molecule has 3 rings (SSSR count). The third-order valence-corrected chi connectivity index (χ3v) is 3.10. The van der Waals surface area contributed by atoms with Gasteiger partial charge in [0.2, 0.25) is 0 Å². The molecule has 0 atom stereocenters. The van der Waals surface area contributed by atoms with Crippen molar-refractivity contribution in [2.24, 2.45) is 0 Å². The second kappa shape index (κ2) is 4.61. The number of fused-ring (bicyclic) bond motifs is 1. The molecule has 1 heterocycles. The molecule has 2 aromatic carbocycles. The lowest BCUT2D eigenvalue weighted by atomic mass is 10.0. The smallest absolute Gasteiger partial charge is 0.171 e. The Hall–Kier alpha value is -2.55. The molecule has 0 fully saturated rings. The minimum Gasteiger partial charge on any atom is -0.507 e. The first-order chi connectivity index (χ1) is 9.31. The molecule has 94 valence electrons. The lowest BCUT2D eigenvalue weighted by Crippen LogP contribution is -1.82. The summed E-state index contributed by atoms with van der Waals surface area (Å²) in [7, 11) is 0. The van der Waals surface area contributed by atoms with Crippen LogP contribution in [-0.4, -0.2) is 10.3 Å². The first-order valence-corrected chi connectivity index (χ1v) is 6.08. The summed E-state index contributed by atoms with van der Waals surface area (Å²) in [5.41, 5.74) is 3.14. The molecule has 0 saturated heterocycles. The summed E-state index contributed by atoms with van der Waals surface area (Å²) in [5.74, 6) is 0.201. The molecular formula is C16H13NO2. The third kappa shape index (κ3) is 1.89. The van der Waals surface area contributed by atoms with Crippen LogP contribution in [0.1, 0.15) is 5.56 Å². The lowest BCUT2D eigenvalue weighted by Gasteiger charge is -2.00. The first kappa shape index (κ1) is 11.5. The number of hydrogen-bond donors (Lipinski definition) is 1. The van der Waals surface area contributed by atoms with Crippen molar-refractivity contribution in [3.05, 3.63) is 60.7 Å². The summed E-state index contributed by atoms with van der Waals surface area (Å²) in [6.07, 6.45) is 2.56. The molecule has 3 nitrogen and oxygen atoms in total. The largest absolute Gasteiger partial charge is 0.507 e. The summed E-state index contributed by atoms with van der Waals surface area (Å²) in [4.78, 5) is 0. The number of para-hydroxylation sites is 2. The van der Waals surface area contributed by atoms with Crippen LogP contribution < -0.4 is 0 Å². The Kier molecular flexibility index (Phi) is 2.80. The van der Waals surface area contributed by atoms with Gasteiger partial charge in [0.25, 0.3) is 0 Å².